The molecule has 2 nitrogen and oxygen atoms in total. The van der Waals surface area contributed by atoms with E-state index in [4.69, 9.17) is 22.7 Å². The molecule has 0 spiro atoms. The van der Waals surface area contributed by atoms with E-state index in [1.54, 1.807) is 18.2 Å². The van der Waals surface area contributed by atoms with Gasteiger partial charge in [-0.05, 0) is 46.3 Å². The lowest BCUT2D eigenvalue weighted by molar-refractivity contribution is 0.291. The predicted molar refractivity (Wildman–Crippen MR) is 88.4 cm³/mol. The Kier molecular flexibility index (Phi) is 5.29. The topological polar surface area (TPSA) is 35.2 Å². The van der Waals surface area contributed by atoms with Gasteiger partial charge in [-0.25, -0.2) is 8.78 Å². The summed E-state index contributed by atoms with van der Waals surface area (Å²) in [7, 11) is 0. The van der Waals surface area contributed by atoms with Gasteiger partial charge in [0.15, 0.2) is 0 Å². The molecule has 0 bridgehead atoms. The molecule has 2 aromatic carbocycles. The fourth-order valence-corrected chi connectivity index (χ4v) is 2.56. The first-order valence-electron chi connectivity index (χ1n) is 5.74. The molecule has 0 atom stereocenters. The van der Waals surface area contributed by atoms with E-state index in [1.807, 2.05) is 0 Å². The van der Waals surface area contributed by atoms with Crippen LogP contribution in [0.3, 0.4) is 0 Å². The van der Waals surface area contributed by atoms with Crippen molar-refractivity contribution >= 4 is 49.1 Å². The summed E-state index contributed by atoms with van der Waals surface area (Å²) in [6.45, 7) is -0.269. The maximum atomic E-state index is 13.9. The molecule has 110 valence electrons. The standard InChI is InChI=1S/C14H9Br2F2NOS/c15-7-1-4-12(8(5-7)14(19)21)20-6-9-11(17)3-2-10(16)13(9)18/h1-5H,6H2,(H2,19,21). The third-order valence-electron chi connectivity index (χ3n) is 2.72. The lowest BCUT2D eigenvalue weighted by atomic mass is 10.2. The summed E-state index contributed by atoms with van der Waals surface area (Å²) in [6.07, 6.45) is 0. The van der Waals surface area contributed by atoms with Crippen LogP contribution in [0.1, 0.15) is 11.1 Å². The van der Waals surface area contributed by atoms with Gasteiger partial charge in [0.2, 0.25) is 0 Å². The smallest absolute Gasteiger partial charge is 0.146 e. The Morgan fingerprint density at radius 2 is 1.90 bits per heavy atom. The average Bonchev–Trinajstić information content (AvgIpc) is 2.44. The van der Waals surface area contributed by atoms with Gasteiger partial charge in [-0.2, -0.15) is 0 Å². The summed E-state index contributed by atoms with van der Waals surface area (Å²) < 4.78 is 33.9. The van der Waals surface area contributed by atoms with Crippen LogP contribution in [0.25, 0.3) is 0 Å². The largest absolute Gasteiger partial charge is 0.488 e. The molecule has 7 heteroatoms. The fourth-order valence-electron chi connectivity index (χ4n) is 1.67. The minimum Gasteiger partial charge on any atom is -0.488 e. The number of hydrogen-bond acceptors (Lipinski definition) is 2. The second kappa shape index (κ2) is 6.81. The van der Waals surface area contributed by atoms with Gasteiger partial charge in [0.25, 0.3) is 0 Å². The van der Waals surface area contributed by atoms with Crippen LogP contribution < -0.4 is 10.5 Å². The van der Waals surface area contributed by atoms with Gasteiger partial charge in [-0.3, -0.25) is 0 Å². The molecule has 0 radical (unpaired) electrons. The molecule has 0 aromatic heterocycles. The van der Waals surface area contributed by atoms with E-state index in [1.165, 1.54) is 12.1 Å². The third kappa shape index (κ3) is 3.78. The first-order valence-corrected chi connectivity index (χ1v) is 7.74. The SMILES string of the molecule is NC(=S)c1cc(Br)ccc1OCc1c(F)ccc(Br)c1F. The van der Waals surface area contributed by atoms with Gasteiger partial charge >= 0.3 is 0 Å². The lowest BCUT2D eigenvalue weighted by Gasteiger charge is -2.12. The van der Waals surface area contributed by atoms with Gasteiger partial charge in [-0.15, -0.1) is 0 Å². The number of ether oxygens (including phenoxy) is 1. The van der Waals surface area contributed by atoms with Crippen molar-refractivity contribution in [3.05, 3.63) is 62.0 Å². The molecule has 2 rings (SSSR count). The summed E-state index contributed by atoms with van der Waals surface area (Å²) in [5.74, 6) is -1.00. The van der Waals surface area contributed by atoms with Crippen molar-refractivity contribution in [1.82, 2.24) is 0 Å². The number of hydrogen-bond donors (Lipinski definition) is 1. The van der Waals surface area contributed by atoms with Crippen molar-refractivity contribution in [2.24, 2.45) is 5.73 Å². The Labute approximate surface area is 142 Å². The number of benzene rings is 2. The highest BCUT2D eigenvalue weighted by Gasteiger charge is 2.14. The third-order valence-corrected chi connectivity index (χ3v) is 4.04. The summed E-state index contributed by atoms with van der Waals surface area (Å²) in [5, 5.41) is 0. The van der Waals surface area contributed by atoms with Crippen LogP contribution in [0.15, 0.2) is 39.3 Å². The van der Waals surface area contributed by atoms with Crippen LogP contribution >= 0.6 is 44.1 Å². The van der Waals surface area contributed by atoms with Gasteiger partial charge in [-0.1, -0.05) is 28.1 Å². The van der Waals surface area contributed by atoms with Gasteiger partial charge in [0.05, 0.1) is 15.6 Å². The van der Waals surface area contributed by atoms with Crippen LogP contribution in [0.4, 0.5) is 8.78 Å². The van der Waals surface area contributed by atoms with Crippen LogP contribution in [-0.2, 0) is 6.61 Å². The predicted octanol–water partition coefficient (Wildman–Crippen LogP) is 4.70. The van der Waals surface area contributed by atoms with E-state index in [9.17, 15) is 8.78 Å². The minimum absolute atomic E-state index is 0.140. The lowest BCUT2D eigenvalue weighted by Crippen LogP contribution is -2.12. The van der Waals surface area contributed by atoms with E-state index in [0.29, 0.717) is 11.3 Å². The normalized spacial score (nSPS) is 10.5. The fraction of sp³-hybridized carbons (Fsp3) is 0.0714. The highest BCUT2D eigenvalue weighted by Crippen LogP contribution is 2.26. The van der Waals surface area contributed by atoms with E-state index < -0.39 is 11.6 Å². The molecule has 0 saturated carbocycles. The Balaban J connectivity index is 2.29. The second-order valence-corrected chi connectivity index (χ2v) is 6.32. The van der Waals surface area contributed by atoms with E-state index >= 15 is 0 Å². The van der Waals surface area contributed by atoms with E-state index in [-0.39, 0.29) is 21.6 Å². The van der Waals surface area contributed by atoms with Gasteiger partial charge < -0.3 is 10.5 Å². The molecule has 21 heavy (non-hydrogen) atoms. The van der Waals surface area contributed by atoms with Crippen molar-refractivity contribution in [3.63, 3.8) is 0 Å². The van der Waals surface area contributed by atoms with Crippen LogP contribution in [0.5, 0.6) is 5.75 Å². The molecular formula is C14H9Br2F2NOS. The number of halogens is 4. The monoisotopic (exact) mass is 435 g/mol. The van der Waals surface area contributed by atoms with Crippen molar-refractivity contribution in [3.8, 4) is 5.75 Å². The Bertz CT molecular complexity index is 710. The average molecular weight is 437 g/mol. The molecule has 0 saturated heterocycles. The van der Waals surface area contributed by atoms with Crippen molar-refractivity contribution in [2.45, 2.75) is 6.61 Å². The molecule has 0 fully saturated rings. The Morgan fingerprint density at radius 1 is 1.19 bits per heavy atom. The zero-order valence-electron chi connectivity index (χ0n) is 10.5. The maximum Gasteiger partial charge on any atom is 0.146 e. The van der Waals surface area contributed by atoms with E-state index in [0.717, 1.165) is 4.47 Å². The molecule has 0 heterocycles. The summed E-state index contributed by atoms with van der Waals surface area (Å²) in [5.41, 5.74) is 5.94. The molecule has 2 N–H and O–H groups in total. The first-order chi connectivity index (χ1) is 9.90. The van der Waals surface area contributed by atoms with Crippen molar-refractivity contribution < 1.29 is 13.5 Å². The van der Waals surface area contributed by atoms with Crippen LogP contribution in [-0.4, -0.2) is 4.99 Å². The van der Waals surface area contributed by atoms with Crippen molar-refractivity contribution in [2.75, 3.05) is 0 Å². The van der Waals surface area contributed by atoms with Crippen LogP contribution in [0, 0.1) is 11.6 Å². The zero-order valence-corrected chi connectivity index (χ0v) is 14.5. The highest BCUT2D eigenvalue weighted by atomic mass is 79.9. The number of nitrogens with two attached hydrogens (primary N) is 1. The van der Waals surface area contributed by atoms with Crippen molar-refractivity contribution in [1.29, 1.82) is 0 Å². The molecule has 0 aliphatic heterocycles. The van der Waals surface area contributed by atoms with Gasteiger partial charge in [0.1, 0.15) is 29.0 Å². The molecular weight excluding hydrogens is 428 g/mol. The maximum absolute atomic E-state index is 13.9. The quantitative estimate of drug-likeness (QED) is 0.557. The molecule has 0 aliphatic carbocycles. The highest BCUT2D eigenvalue weighted by molar-refractivity contribution is 9.10. The summed E-state index contributed by atoms with van der Waals surface area (Å²) in [4.78, 5) is 0.140. The van der Waals surface area contributed by atoms with Gasteiger partial charge in [0, 0.05) is 4.47 Å². The Hall–Kier alpha value is -1.05. The number of rotatable bonds is 4. The zero-order chi connectivity index (χ0) is 15.6. The van der Waals surface area contributed by atoms with E-state index in [2.05, 4.69) is 31.9 Å². The van der Waals surface area contributed by atoms with Crippen LogP contribution in [0.2, 0.25) is 0 Å². The first kappa shape index (κ1) is 16.3. The summed E-state index contributed by atoms with van der Waals surface area (Å²) >= 11 is 11.2. The number of thiocarbonyl (C=S) groups is 1. The molecule has 0 amide bonds. The minimum atomic E-state index is -0.691. The second-order valence-electron chi connectivity index (χ2n) is 4.12. The Morgan fingerprint density at radius 3 is 2.57 bits per heavy atom. The summed E-state index contributed by atoms with van der Waals surface area (Å²) in [6, 6.07) is 7.51. The molecule has 0 aliphatic rings. The molecule has 2 aromatic rings. The molecule has 0 unspecified atom stereocenters.